The lowest BCUT2D eigenvalue weighted by atomic mass is 9.79. The zero-order valence-corrected chi connectivity index (χ0v) is 14.9. The third kappa shape index (κ3) is 2.90. The van der Waals surface area contributed by atoms with Crippen molar-refractivity contribution in [3.63, 3.8) is 0 Å². The van der Waals surface area contributed by atoms with Gasteiger partial charge in [-0.2, -0.15) is 0 Å². The topological polar surface area (TPSA) is 54.8 Å². The maximum atomic E-state index is 10.1. The second-order valence-corrected chi connectivity index (χ2v) is 7.27. The maximum absolute atomic E-state index is 10.1. The van der Waals surface area contributed by atoms with E-state index in [0.29, 0.717) is 0 Å². The number of para-hydroxylation sites is 1. The molecular formula is C20H26N2O3. The molecule has 2 heterocycles. The van der Waals surface area contributed by atoms with Gasteiger partial charge in [0.2, 0.25) is 0 Å². The fraction of sp³-hybridized carbons (Fsp3) is 0.550. The predicted molar refractivity (Wildman–Crippen MR) is 96.7 cm³/mol. The fourth-order valence-electron chi connectivity index (χ4n) is 4.58. The Hall–Kier alpha value is -1.69. The molecule has 1 aliphatic carbocycles. The van der Waals surface area contributed by atoms with Crippen LogP contribution in [0.1, 0.15) is 31.4 Å². The zero-order chi connectivity index (χ0) is 17.4. The third-order valence-electron chi connectivity index (χ3n) is 6.00. The first-order valence-corrected chi connectivity index (χ1v) is 9.05. The summed E-state index contributed by atoms with van der Waals surface area (Å²) in [5.41, 5.74) is 1.83. The molecule has 134 valence electrons. The molecule has 0 unspecified atom stereocenters. The van der Waals surface area contributed by atoms with E-state index in [1.165, 1.54) is 0 Å². The van der Waals surface area contributed by atoms with Gasteiger partial charge in [-0.15, -0.1) is 0 Å². The highest BCUT2D eigenvalue weighted by Gasteiger charge is 2.50. The smallest absolute Gasteiger partial charge is 0.145 e. The van der Waals surface area contributed by atoms with Crippen LogP contribution >= 0.6 is 0 Å². The molecule has 1 saturated carbocycles. The van der Waals surface area contributed by atoms with E-state index in [1.54, 1.807) is 7.11 Å². The van der Waals surface area contributed by atoms with Crippen LogP contribution in [0.2, 0.25) is 0 Å². The van der Waals surface area contributed by atoms with E-state index in [4.69, 9.17) is 14.5 Å². The summed E-state index contributed by atoms with van der Waals surface area (Å²) in [6.45, 7) is 1.76. The van der Waals surface area contributed by atoms with Crippen LogP contribution < -0.4 is 4.74 Å². The summed E-state index contributed by atoms with van der Waals surface area (Å²) in [6.07, 6.45) is 3.36. The van der Waals surface area contributed by atoms with Gasteiger partial charge in [0.15, 0.2) is 0 Å². The number of ether oxygens (including phenoxy) is 2. The van der Waals surface area contributed by atoms with Crippen LogP contribution in [0.5, 0.6) is 5.75 Å². The molecule has 1 N–H and O–H groups in total. The Morgan fingerprint density at radius 2 is 2.12 bits per heavy atom. The van der Waals surface area contributed by atoms with Crippen LogP contribution in [-0.4, -0.2) is 53.5 Å². The van der Waals surface area contributed by atoms with Crippen LogP contribution in [0.4, 0.5) is 0 Å². The Balaban J connectivity index is 1.60. The monoisotopic (exact) mass is 342 g/mol. The summed E-state index contributed by atoms with van der Waals surface area (Å²) in [5.74, 6) is 0.806. The number of hydrogen-bond acceptors (Lipinski definition) is 5. The lowest BCUT2D eigenvalue weighted by Gasteiger charge is -2.42. The first-order chi connectivity index (χ1) is 12.1. The first-order valence-electron chi connectivity index (χ1n) is 9.05. The van der Waals surface area contributed by atoms with Gasteiger partial charge in [0.05, 0.1) is 24.5 Å². The molecule has 0 radical (unpaired) electrons. The van der Waals surface area contributed by atoms with E-state index in [2.05, 4.69) is 23.1 Å². The molecule has 25 heavy (non-hydrogen) atoms. The highest BCUT2D eigenvalue weighted by Crippen LogP contribution is 2.43. The van der Waals surface area contributed by atoms with Gasteiger partial charge in [-0.3, -0.25) is 4.90 Å². The highest BCUT2D eigenvalue weighted by molar-refractivity contribution is 5.84. The molecule has 0 amide bonds. The molecule has 5 heteroatoms. The van der Waals surface area contributed by atoms with E-state index in [0.717, 1.165) is 61.1 Å². The number of aliphatic hydroxyl groups is 1. The molecule has 1 aromatic carbocycles. The second-order valence-electron chi connectivity index (χ2n) is 7.27. The third-order valence-corrected chi connectivity index (χ3v) is 6.00. The lowest BCUT2D eigenvalue weighted by Crippen LogP contribution is -2.51. The second kappa shape index (κ2) is 6.56. The van der Waals surface area contributed by atoms with Crippen LogP contribution in [0, 0.1) is 0 Å². The molecule has 3 atom stereocenters. The molecule has 4 rings (SSSR count). The Morgan fingerprint density at radius 3 is 2.92 bits per heavy atom. The van der Waals surface area contributed by atoms with Gasteiger partial charge in [-0.05, 0) is 37.8 Å². The SMILES string of the molecule is COc1cccc2ccc(CN3CC[C@]4(OC)CC[C@@H](O)C[C@H]34)nc12. The van der Waals surface area contributed by atoms with Crippen LogP contribution in [0.15, 0.2) is 30.3 Å². The van der Waals surface area contributed by atoms with Crippen molar-refractivity contribution in [1.82, 2.24) is 9.88 Å². The summed E-state index contributed by atoms with van der Waals surface area (Å²) >= 11 is 0. The number of aliphatic hydroxyl groups excluding tert-OH is 1. The number of rotatable bonds is 4. The number of fused-ring (bicyclic) bond motifs is 2. The molecule has 1 saturated heterocycles. The summed E-state index contributed by atoms with van der Waals surface area (Å²) < 4.78 is 11.4. The molecule has 0 spiro atoms. The quantitative estimate of drug-likeness (QED) is 0.926. The number of benzene rings is 1. The Morgan fingerprint density at radius 1 is 1.24 bits per heavy atom. The zero-order valence-electron chi connectivity index (χ0n) is 14.9. The van der Waals surface area contributed by atoms with E-state index >= 15 is 0 Å². The summed E-state index contributed by atoms with van der Waals surface area (Å²) in [6, 6.07) is 10.4. The molecule has 2 aromatic rings. The molecule has 1 aromatic heterocycles. The number of pyridine rings is 1. The minimum Gasteiger partial charge on any atom is -0.494 e. The molecule has 1 aliphatic heterocycles. The van der Waals surface area contributed by atoms with Crippen LogP contribution in [0.3, 0.4) is 0 Å². The summed E-state index contributed by atoms with van der Waals surface area (Å²) in [7, 11) is 3.49. The van der Waals surface area contributed by atoms with Gasteiger partial charge >= 0.3 is 0 Å². The van der Waals surface area contributed by atoms with Gasteiger partial charge in [-0.25, -0.2) is 4.98 Å². The molecular weight excluding hydrogens is 316 g/mol. The number of likely N-dealkylation sites (tertiary alicyclic amines) is 1. The highest BCUT2D eigenvalue weighted by atomic mass is 16.5. The van der Waals surface area contributed by atoms with Crippen molar-refractivity contribution in [2.24, 2.45) is 0 Å². The fourth-order valence-corrected chi connectivity index (χ4v) is 4.58. The first kappa shape index (κ1) is 16.8. The average molecular weight is 342 g/mol. The minimum atomic E-state index is -0.224. The van der Waals surface area contributed by atoms with Gasteiger partial charge < -0.3 is 14.6 Å². The Labute approximate surface area is 148 Å². The summed E-state index contributed by atoms with van der Waals surface area (Å²) in [5, 5.41) is 11.2. The summed E-state index contributed by atoms with van der Waals surface area (Å²) in [4.78, 5) is 7.27. The minimum absolute atomic E-state index is 0.103. The Kier molecular flexibility index (Phi) is 4.40. The Bertz CT molecular complexity index is 766. The van der Waals surface area contributed by atoms with E-state index < -0.39 is 0 Å². The average Bonchev–Trinajstić information content (AvgIpc) is 2.99. The van der Waals surface area contributed by atoms with Crippen molar-refractivity contribution >= 4 is 10.9 Å². The molecule has 5 nitrogen and oxygen atoms in total. The molecule has 2 fully saturated rings. The van der Waals surface area contributed by atoms with E-state index in [1.807, 2.05) is 19.2 Å². The predicted octanol–water partition coefficient (Wildman–Crippen LogP) is 2.75. The molecule has 2 aliphatic rings. The normalized spacial score (nSPS) is 29.7. The maximum Gasteiger partial charge on any atom is 0.145 e. The number of nitrogens with zero attached hydrogens (tertiary/aromatic N) is 2. The van der Waals surface area contributed by atoms with E-state index in [9.17, 15) is 5.11 Å². The van der Waals surface area contributed by atoms with Gasteiger partial charge in [0.25, 0.3) is 0 Å². The number of aromatic nitrogens is 1. The largest absolute Gasteiger partial charge is 0.494 e. The lowest BCUT2D eigenvalue weighted by molar-refractivity contribution is -0.0880. The van der Waals surface area contributed by atoms with Crippen molar-refractivity contribution < 1.29 is 14.6 Å². The van der Waals surface area contributed by atoms with Gasteiger partial charge in [0.1, 0.15) is 11.3 Å². The number of hydrogen-bond donors (Lipinski definition) is 1. The van der Waals surface area contributed by atoms with Crippen molar-refractivity contribution in [2.45, 2.75) is 50.0 Å². The van der Waals surface area contributed by atoms with Crippen molar-refractivity contribution in [3.05, 3.63) is 36.0 Å². The van der Waals surface area contributed by atoms with Crippen molar-refractivity contribution in [1.29, 1.82) is 0 Å². The van der Waals surface area contributed by atoms with Crippen molar-refractivity contribution in [2.75, 3.05) is 20.8 Å². The van der Waals surface area contributed by atoms with Crippen molar-refractivity contribution in [3.8, 4) is 5.75 Å². The van der Waals surface area contributed by atoms with E-state index in [-0.39, 0.29) is 17.7 Å². The van der Waals surface area contributed by atoms with Crippen LogP contribution in [-0.2, 0) is 11.3 Å². The van der Waals surface area contributed by atoms with Gasteiger partial charge in [0, 0.05) is 31.6 Å². The molecule has 0 bridgehead atoms. The van der Waals surface area contributed by atoms with Gasteiger partial charge in [-0.1, -0.05) is 18.2 Å². The number of methoxy groups -OCH3 is 2. The standard InChI is InChI=1S/C20H26N2O3/c1-24-17-5-3-4-14-6-7-15(21-19(14)17)13-22-11-10-20(25-2)9-8-16(23)12-18(20)22/h3-7,16,18,23H,8-13H2,1-2H3/t16-,18+,20-/m1/s1. The van der Waals surface area contributed by atoms with Crippen LogP contribution in [0.25, 0.3) is 10.9 Å².